The summed E-state index contributed by atoms with van der Waals surface area (Å²) in [7, 11) is -3.54. The van der Waals surface area contributed by atoms with Gasteiger partial charge in [0.2, 0.25) is 10.0 Å². The molecule has 2 N–H and O–H groups in total. The Morgan fingerprint density at radius 1 is 1.03 bits per heavy atom. The molecule has 32 heavy (non-hydrogen) atoms. The van der Waals surface area contributed by atoms with Crippen LogP contribution in [-0.2, 0) is 10.0 Å². The Morgan fingerprint density at radius 3 is 2.38 bits per heavy atom. The Hall–Kier alpha value is -3.20. The molecular formula is C23H22F2N2O4S. The fourth-order valence-corrected chi connectivity index (χ4v) is 4.23. The lowest BCUT2D eigenvalue weighted by molar-refractivity contribution is 0.411. The number of benzene rings is 2. The molecule has 0 bridgehead atoms. The van der Waals surface area contributed by atoms with Crippen LogP contribution >= 0.6 is 0 Å². The maximum absolute atomic E-state index is 14.3. The molecule has 0 atom stereocenters. The molecule has 1 aliphatic carbocycles. The average molecular weight is 461 g/mol. The van der Waals surface area contributed by atoms with Gasteiger partial charge in [0.05, 0.1) is 6.26 Å². The predicted octanol–water partition coefficient (Wildman–Crippen LogP) is 5.06. The number of halogens is 2. The van der Waals surface area contributed by atoms with E-state index in [9.17, 15) is 22.0 Å². The SMILES string of the molecule is Cc1cc(-c2cc(NS(C)(=O)=O)ccc2Oc2ccc(F)cc2F)c(C2CCC2)[nH]c1=O. The van der Waals surface area contributed by atoms with Gasteiger partial charge in [0.1, 0.15) is 11.6 Å². The molecular weight excluding hydrogens is 438 g/mol. The smallest absolute Gasteiger partial charge is 0.251 e. The summed E-state index contributed by atoms with van der Waals surface area (Å²) < 4.78 is 59.3. The summed E-state index contributed by atoms with van der Waals surface area (Å²) in [4.78, 5) is 15.3. The zero-order chi connectivity index (χ0) is 23.0. The number of hydrogen-bond donors (Lipinski definition) is 2. The fraction of sp³-hybridized carbons (Fsp3) is 0.261. The van der Waals surface area contributed by atoms with Crippen LogP contribution in [-0.4, -0.2) is 19.7 Å². The minimum atomic E-state index is -3.54. The van der Waals surface area contributed by atoms with Crippen LogP contribution in [0.4, 0.5) is 14.5 Å². The van der Waals surface area contributed by atoms with Crippen LogP contribution in [0.5, 0.6) is 11.5 Å². The number of H-pyrrole nitrogens is 1. The number of nitrogens with one attached hydrogen (secondary N) is 2. The molecule has 1 heterocycles. The minimum absolute atomic E-state index is 0.153. The van der Waals surface area contributed by atoms with Gasteiger partial charge >= 0.3 is 0 Å². The number of hydrogen-bond acceptors (Lipinski definition) is 4. The Kier molecular flexibility index (Phi) is 5.77. The standard InChI is InChI=1S/C23H22F2N2O4S/c1-13-10-18(22(26-23(13)28)14-4-3-5-14)17-12-16(27-32(2,29)30)7-9-20(17)31-21-8-6-15(24)11-19(21)25/h6-12,14,27H,3-5H2,1-2H3,(H,26,28). The zero-order valence-corrected chi connectivity index (χ0v) is 18.4. The third-order valence-corrected chi connectivity index (χ3v) is 6.06. The summed E-state index contributed by atoms with van der Waals surface area (Å²) >= 11 is 0. The quantitative estimate of drug-likeness (QED) is 0.538. The number of sulfonamides is 1. The van der Waals surface area contributed by atoms with E-state index in [0.29, 0.717) is 16.7 Å². The largest absolute Gasteiger partial charge is 0.454 e. The molecule has 1 aromatic heterocycles. The van der Waals surface area contributed by atoms with E-state index in [0.717, 1.165) is 43.3 Å². The van der Waals surface area contributed by atoms with Crippen LogP contribution < -0.4 is 15.0 Å². The highest BCUT2D eigenvalue weighted by molar-refractivity contribution is 7.92. The first-order valence-electron chi connectivity index (χ1n) is 10.1. The molecule has 2 aromatic carbocycles. The first-order chi connectivity index (χ1) is 15.1. The van der Waals surface area contributed by atoms with E-state index in [4.69, 9.17) is 4.74 Å². The summed E-state index contributed by atoms with van der Waals surface area (Å²) in [5, 5.41) is 0. The highest BCUT2D eigenvalue weighted by Crippen LogP contribution is 2.43. The van der Waals surface area contributed by atoms with Gasteiger partial charge in [0, 0.05) is 34.1 Å². The summed E-state index contributed by atoms with van der Waals surface area (Å²) in [6, 6.07) is 9.29. The van der Waals surface area contributed by atoms with Crippen molar-refractivity contribution in [1.82, 2.24) is 4.98 Å². The molecule has 0 amide bonds. The van der Waals surface area contributed by atoms with Gasteiger partial charge < -0.3 is 9.72 Å². The second kappa shape index (κ2) is 8.38. The summed E-state index contributed by atoms with van der Waals surface area (Å²) in [5.74, 6) is -1.39. The van der Waals surface area contributed by atoms with Gasteiger partial charge in [-0.1, -0.05) is 6.42 Å². The number of aryl methyl sites for hydroxylation is 1. The molecule has 6 nitrogen and oxygen atoms in total. The molecule has 1 saturated carbocycles. The molecule has 0 radical (unpaired) electrons. The lowest BCUT2D eigenvalue weighted by Crippen LogP contribution is -2.19. The molecule has 4 rings (SSSR count). The van der Waals surface area contributed by atoms with Gasteiger partial charge in [0.15, 0.2) is 11.6 Å². The van der Waals surface area contributed by atoms with E-state index in [1.54, 1.807) is 19.1 Å². The maximum Gasteiger partial charge on any atom is 0.251 e. The van der Waals surface area contributed by atoms with Crippen molar-refractivity contribution in [2.45, 2.75) is 32.1 Å². The third kappa shape index (κ3) is 4.67. The van der Waals surface area contributed by atoms with Gasteiger partial charge in [-0.3, -0.25) is 9.52 Å². The number of pyridine rings is 1. The average Bonchev–Trinajstić information content (AvgIpc) is 2.65. The molecule has 9 heteroatoms. The number of ether oxygens (including phenoxy) is 1. The predicted molar refractivity (Wildman–Crippen MR) is 119 cm³/mol. The number of aromatic nitrogens is 1. The van der Waals surface area contributed by atoms with Gasteiger partial charge in [-0.15, -0.1) is 0 Å². The van der Waals surface area contributed by atoms with Gasteiger partial charge in [-0.05, 0) is 62.1 Å². The van der Waals surface area contributed by atoms with Crippen molar-refractivity contribution < 1.29 is 21.9 Å². The van der Waals surface area contributed by atoms with Crippen molar-refractivity contribution in [1.29, 1.82) is 0 Å². The van der Waals surface area contributed by atoms with Gasteiger partial charge in [-0.2, -0.15) is 0 Å². The van der Waals surface area contributed by atoms with Gasteiger partial charge in [0.25, 0.3) is 5.56 Å². The molecule has 1 fully saturated rings. The van der Waals surface area contributed by atoms with Crippen molar-refractivity contribution in [2.24, 2.45) is 0 Å². The first-order valence-corrected chi connectivity index (χ1v) is 12.0. The monoisotopic (exact) mass is 460 g/mol. The number of aromatic amines is 1. The lowest BCUT2D eigenvalue weighted by atomic mass is 9.79. The highest BCUT2D eigenvalue weighted by atomic mass is 32.2. The van der Waals surface area contributed by atoms with Crippen molar-refractivity contribution in [3.63, 3.8) is 0 Å². The summed E-state index contributed by atoms with van der Waals surface area (Å²) in [5.41, 5.74) is 2.44. The highest BCUT2D eigenvalue weighted by Gasteiger charge is 2.26. The molecule has 0 saturated heterocycles. The Bertz CT molecular complexity index is 1350. The molecule has 3 aromatic rings. The van der Waals surface area contributed by atoms with Crippen LogP contribution in [0.15, 0.2) is 47.3 Å². The first kappa shape index (κ1) is 22.0. The summed E-state index contributed by atoms with van der Waals surface area (Å²) in [6.07, 6.45) is 3.90. The third-order valence-electron chi connectivity index (χ3n) is 5.46. The van der Waals surface area contributed by atoms with Crippen molar-refractivity contribution in [3.05, 3.63) is 75.7 Å². The second-order valence-electron chi connectivity index (χ2n) is 8.00. The molecule has 0 aliphatic heterocycles. The number of anilines is 1. The second-order valence-corrected chi connectivity index (χ2v) is 9.75. The van der Waals surface area contributed by atoms with E-state index in [2.05, 4.69) is 9.71 Å². The Labute approximate surface area is 184 Å². The summed E-state index contributed by atoms with van der Waals surface area (Å²) in [6.45, 7) is 1.67. The minimum Gasteiger partial charge on any atom is -0.454 e. The van der Waals surface area contributed by atoms with E-state index in [-0.39, 0.29) is 28.7 Å². The normalized spacial score (nSPS) is 14.1. The molecule has 1 aliphatic rings. The Balaban J connectivity index is 1.89. The van der Waals surface area contributed by atoms with E-state index < -0.39 is 21.7 Å². The molecule has 0 unspecified atom stereocenters. The number of rotatable bonds is 6. The van der Waals surface area contributed by atoms with Crippen LogP contribution in [0.1, 0.15) is 36.4 Å². The molecule has 0 spiro atoms. The zero-order valence-electron chi connectivity index (χ0n) is 17.5. The van der Waals surface area contributed by atoms with Crippen LogP contribution in [0.3, 0.4) is 0 Å². The van der Waals surface area contributed by atoms with Crippen molar-refractivity contribution in [3.8, 4) is 22.6 Å². The van der Waals surface area contributed by atoms with E-state index in [1.165, 1.54) is 18.2 Å². The van der Waals surface area contributed by atoms with E-state index in [1.807, 2.05) is 0 Å². The topological polar surface area (TPSA) is 88.3 Å². The maximum atomic E-state index is 14.3. The van der Waals surface area contributed by atoms with Crippen molar-refractivity contribution >= 4 is 15.7 Å². The lowest BCUT2D eigenvalue weighted by Gasteiger charge is -2.28. The van der Waals surface area contributed by atoms with Crippen molar-refractivity contribution in [2.75, 3.05) is 11.0 Å². The van der Waals surface area contributed by atoms with E-state index >= 15 is 0 Å². The fourth-order valence-electron chi connectivity index (χ4n) is 3.67. The Morgan fingerprint density at radius 2 is 1.75 bits per heavy atom. The van der Waals surface area contributed by atoms with Crippen LogP contribution in [0.25, 0.3) is 11.1 Å². The van der Waals surface area contributed by atoms with Crippen LogP contribution in [0, 0.1) is 18.6 Å². The van der Waals surface area contributed by atoms with Crippen LogP contribution in [0.2, 0.25) is 0 Å². The van der Waals surface area contributed by atoms with Gasteiger partial charge in [-0.25, -0.2) is 17.2 Å². The molecule has 168 valence electrons.